The van der Waals surface area contributed by atoms with E-state index in [0.717, 1.165) is 17.3 Å². The van der Waals surface area contributed by atoms with E-state index in [1.54, 1.807) is 29.8 Å². The average Bonchev–Trinajstić information content (AvgIpc) is 2.98. The van der Waals surface area contributed by atoms with E-state index in [1.165, 1.54) is 17.4 Å². The Morgan fingerprint density at radius 2 is 2.05 bits per heavy atom. The highest BCUT2D eigenvalue weighted by Crippen LogP contribution is 2.12. The zero-order chi connectivity index (χ0) is 15.1. The van der Waals surface area contributed by atoms with Crippen molar-refractivity contribution in [2.45, 2.75) is 12.8 Å². The van der Waals surface area contributed by atoms with Gasteiger partial charge in [-0.25, -0.2) is 9.78 Å². The number of benzene rings is 1. The lowest BCUT2D eigenvalue weighted by Gasteiger charge is -2.04. The summed E-state index contributed by atoms with van der Waals surface area (Å²) in [6.45, 7) is 0. The van der Waals surface area contributed by atoms with Crippen LogP contribution in [0.25, 0.3) is 6.08 Å². The van der Waals surface area contributed by atoms with Gasteiger partial charge >= 0.3 is 5.97 Å². The van der Waals surface area contributed by atoms with Gasteiger partial charge in [-0.3, -0.25) is 4.79 Å². The second-order valence-corrected chi connectivity index (χ2v) is 5.04. The number of nitrogens with zero attached hydrogens (tertiary/aromatic N) is 1. The summed E-state index contributed by atoms with van der Waals surface area (Å²) in [4.78, 5) is 26.3. The van der Waals surface area contributed by atoms with Gasteiger partial charge in [0, 0.05) is 23.6 Å². The minimum atomic E-state index is -0.991. The predicted molar refractivity (Wildman–Crippen MR) is 82.2 cm³/mol. The molecule has 0 saturated carbocycles. The highest BCUT2D eigenvalue weighted by atomic mass is 32.1. The molecule has 1 aromatic heterocycles. The quantitative estimate of drug-likeness (QED) is 0.804. The molecule has 108 valence electrons. The summed E-state index contributed by atoms with van der Waals surface area (Å²) in [5, 5.41) is 13.3. The number of carbonyl (C=O) groups excluding carboxylic acids is 1. The fraction of sp³-hybridized carbons (Fsp3) is 0.133. The second-order valence-electron chi connectivity index (χ2n) is 4.32. The summed E-state index contributed by atoms with van der Waals surface area (Å²) in [6.07, 6.45) is 3.57. The first kappa shape index (κ1) is 14.9. The van der Waals surface area contributed by atoms with Crippen LogP contribution in [0.15, 0.2) is 41.2 Å². The number of aliphatic carboxylic acids is 1. The lowest BCUT2D eigenvalue weighted by molar-refractivity contribution is -0.131. The van der Waals surface area contributed by atoms with E-state index >= 15 is 0 Å². The van der Waals surface area contributed by atoms with E-state index in [9.17, 15) is 9.59 Å². The van der Waals surface area contributed by atoms with Crippen molar-refractivity contribution in [2.24, 2.45) is 0 Å². The molecule has 0 fully saturated rings. The van der Waals surface area contributed by atoms with Gasteiger partial charge in [0.05, 0.1) is 11.2 Å². The Balaban J connectivity index is 1.85. The Morgan fingerprint density at radius 1 is 1.29 bits per heavy atom. The Hall–Kier alpha value is -2.47. The summed E-state index contributed by atoms with van der Waals surface area (Å²) >= 11 is 1.51. The molecular weight excluding hydrogens is 288 g/mol. The molecule has 21 heavy (non-hydrogen) atoms. The van der Waals surface area contributed by atoms with Crippen molar-refractivity contribution in [2.75, 3.05) is 5.32 Å². The summed E-state index contributed by atoms with van der Waals surface area (Å²) in [6, 6.07) is 6.97. The molecule has 1 aromatic carbocycles. The monoisotopic (exact) mass is 302 g/mol. The molecule has 0 aliphatic carbocycles. The summed E-state index contributed by atoms with van der Waals surface area (Å²) in [5.41, 5.74) is 4.12. The number of nitrogens with one attached hydrogen (secondary N) is 1. The van der Waals surface area contributed by atoms with Gasteiger partial charge < -0.3 is 10.4 Å². The van der Waals surface area contributed by atoms with E-state index in [-0.39, 0.29) is 5.91 Å². The number of thiazole rings is 1. The molecule has 0 saturated heterocycles. The molecule has 0 atom stereocenters. The van der Waals surface area contributed by atoms with Crippen molar-refractivity contribution >= 4 is 35.0 Å². The smallest absolute Gasteiger partial charge is 0.328 e. The van der Waals surface area contributed by atoms with Crippen LogP contribution in [-0.4, -0.2) is 22.0 Å². The third-order valence-corrected chi connectivity index (χ3v) is 3.34. The van der Waals surface area contributed by atoms with Gasteiger partial charge in [-0.2, -0.15) is 0 Å². The van der Waals surface area contributed by atoms with Crippen molar-refractivity contribution < 1.29 is 14.7 Å². The van der Waals surface area contributed by atoms with Crippen LogP contribution in [-0.2, 0) is 16.0 Å². The number of hydrogen-bond donors (Lipinski definition) is 2. The molecular formula is C15H14N2O3S. The SMILES string of the molecule is O=C(O)C=Cc1ccc(NC(=O)CCc2cscn2)cc1. The van der Waals surface area contributed by atoms with Crippen LogP contribution in [0.4, 0.5) is 5.69 Å². The number of aryl methyl sites for hydroxylation is 1. The largest absolute Gasteiger partial charge is 0.478 e. The molecule has 0 spiro atoms. The number of amides is 1. The topological polar surface area (TPSA) is 79.3 Å². The van der Waals surface area contributed by atoms with Crippen LogP contribution in [0.1, 0.15) is 17.7 Å². The lowest BCUT2D eigenvalue weighted by Crippen LogP contribution is -2.12. The van der Waals surface area contributed by atoms with Crippen molar-refractivity contribution in [3.8, 4) is 0 Å². The van der Waals surface area contributed by atoms with Crippen LogP contribution < -0.4 is 5.32 Å². The average molecular weight is 302 g/mol. The van der Waals surface area contributed by atoms with Crippen LogP contribution >= 0.6 is 11.3 Å². The Labute approximate surface area is 126 Å². The van der Waals surface area contributed by atoms with E-state index in [1.807, 2.05) is 5.38 Å². The fourth-order valence-electron chi connectivity index (χ4n) is 1.67. The highest BCUT2D eigenvalue weighted by Gasteiger charge is 2.04. The maximum Gasteiger partial charge on any atom is 0.328 e. The van der Waals surface area contributed by atoms with Gasteiger partial charge in [-0.05, 0) is 30.2 Å². The summed E-state index contributed by atoms with van der Waals surface area (Å²) in [5.74, 6) is -1.06. The van der Waals surface area contributed by atoms with Crippen LogP contribution in [0.2, 0.25) is 0 Å². The molecule has 0 aliphatic heterocycles. The van der Waals surface area contributed by atoms with Crippen molar-refractivity contribution in [3.63, 3.8) is 0 Å². The zero-order valence-corrected chi connectivity index (χ0v) is 12.0. The van der Waals surface area contributed by atoms with E-state index in [2.05, 4.69) is 10.3 Å². The van der Waals surface area contributed by atoms with Gasteiger partial charge in [0.1, 0.15) is 0 Å². The van der Waals surface area contributed by atoms with Crippen LogP contribution in [0, 0.1) is 0 Å². The minimum Gasteiger partial charge on any atom is -0.478 e. The van der Waals surface area contributed by atoms with Crippen molar-refractivity contribution in [1.82, 2.24) is 4.98 Å². The Bertz CT molecular complexity index is 633. The van der Waals surface area contributed by atoms with Crippen LogP contribution in [0.5, 0.6) is 0 Å². The van der Waals surface area contributed by atoms with Gasteiger partial charge in [-0.15, -0.1) is 11.3 Å². The second kappa shape index (κ2) is 7.35. The summed E-state index contributed by atoms with van der Waals surface area (Å²) < 4.78 is 0. The first-order chi connectivity index (χ1) is 10.1. The zero-order valence-electron chi connectivity index (χ0n) is 11.2. The molecule has 0 radical (unpaired) electrons. The molecule has 2 rings (SSSR count). The fourth-order valence-corrected chi connectivity index (χ4v) is 2.26. The third kappa shape index (κ3) is 5.19. The van der Waals surface area contributed by atoms with E-state index < -0.39 is 5.97 Å². The normalized spacial score (nSPS) is 10.7. The number of rotatable bonds is 6. The first-order valence-electron chi connectivity index (χ1n) is 6.31. The molecule has 0 bridgehead atoms. The predicted octanol–water partition coefficient (Wildman–Crippen LogP) is 2.81. The Kier molecular flexibility index (Phi) is 5.22. The molecule has 0 aliphatic rings. The van der Waals surface area contributed by atoms with Gasteiger partial charge in [0.25, 0.3) is 0 Å². The standard InChI is InChI=1S/C15H14N2O3S/c18-14(7-6-13-9-21-10-16-13)17-12-4-1-11(2-5-12)3-8-15(19)20/h1-5,8-10H,6-7H2,(H,17,18)(H,19,20). The molecule has 0 unspecified atom stereocenters. The maximum atomic E-state index is 11.8. The van der Waals surface area contributed by atoms with E-state index in [0.29, 0.717) is 18.5 Å². The summed E-state index contributed by atoms with van der Waals surface area (Å²) in [7, 11) is 0. The number of carbonyl (C=O) groups is 2. The van der Waals surface area contributed by atoms with Gasteiger partial charge in [0.2, 0.25) is 5.91 Å². The highest BCUT2D eigenvalue weighted by molar-refractivity contribution is 7.07. The molecule has 2 N–H and O–H groups in total. The van der Waals surface area contributed by atoms with Gasteiger partial charge in [-0.1, -0.05) is 12.1 Å². The maximum absolute atomic E-state index is 11.8. The number of carboxylic acid groups (broad SMARTS) is 1. The number of anilines is 1. The molecule has 1 amide bonds. The Morgan fingerprint density at radius 3 is 2.67 bits per heavy atom. The van der Waals surface area contributed by atoms with Crippen molar-refractivity contribution in [3.05, 3.63) is 52.5 Å². The first-order valence-corrected chi connectivity index (χ1v) is 7.26. The van der Waals surface area contributed by atoms with Crippen LogP contribution in [0.3, 0.4) is 0 Å². The van der Waals surface area contributed by atoms with Gasteiger partial charge in [0.15, 0.2) is 0 Å². The molecule has 5 nitrogen and oxygen atoms in total. The molecule has 2 aromatic rings. The number of carboxylic acids is 1. The lowest BCUT2D eigenvalue weighted by atomic mass is 10.2. The molecule has 6 heteroatoms. The van der Waals surface area contributed by atoms with E-state index in [4.69, 9.17) is 5.11 Å². The number of hydrogen-bond acceptors (Lipinski definition) is 4. The third-order valence-electron chi connectivity index (χ3n) is 2.70. The molecule has 1 heterocycles. The van der Waals surface area contributed by atoms with Crippen molar-refractivity contribution in [1.29, 1.82) is 0 Å². The minimum absolute atomic E-state index is 0.0724. The number of aromatic nitrogens is 1.